The zero-order valence-electron chi connectivity index (χ0n) is 21.8. The number of aryl methyl sites for hydroxylation is 2. The summed E-state index contributed by atoms with van der Waals surface area (Å²) in [5, 5.41) is 0. The van der Waals surface area contributed by atoms with Crippen LogP contribution in [0.4, 0.5) is 0 Å². The molecule has 1 aromatic heterocycles. The molecule has 3 rings (SSSR count). The average molecular weight is 552 g/mol. The Hall–Kier alpha value is -2.53. The molecule has 36 heavy (non-hydrogen) atoms. The molecule has 0 saturated heterocycles. The topological polar surface area (TPSA) is 52.1 Å². The molecule has 0 aliphatic carbocycles. The Morgan fingerprint density at radius 3 is 2.06 bits per heavy atom. The molecule has 4 nitrogen and oxygen atoms in total. The highest BCUT2D eigenvalue weighted by molar-refractivity contribution is 9.10. The fraction of sp³-hybridized carbons (Fsp3) is 0.452. The fourth-order valence-electron chi connectivity index (χ4n) is 4.20. The Morgan fingerprint density at radius 1 is 0.778 bits per heavy atom. The van der Waals surface area contributed by atoms with Gasteiger partial charge in [-0.2, -0.15) is 0 Å². The fourth-order valence-corrected chi connectivity index (χ4v) is 4.78. The molecule has 0 aliphatic heterocycles. The van der Waals surface area contributed by atoms with E-state index in [2.05, 4.69) is 39.7 Å². The number of carbonyl (C=O) groups is 1. The van der Waals surface area contributed by atoms with Crippen LogP contribution >= 0.6 is 15.9 Å². The van der Waals surface area contributed by atoms with E-state index in [0.29, 0.717) is 17.1 Å². The minimum Gasteiger partial charge on any atom is -0.423 e. The number of hydrogen-bond donors (Lipinski definition) is 0. The molecule has 5 heteroatoms. The first kappa shape index (κ1) is 28.0. The molecule has 0 atom stereocenters. The van der Waals surface area contributed by atoms with Gasteiger partial charge in [-0.25, -0.2) is 14.8 Å². The maximum absolute atomic E-state index is 12.7. The van der Waals surface area contributed by atoms with Crippen molar-refractivity contribution in [3.8, 4) is 17.1 Å². The first-order chi connectivity index (χ1) is 17.6. The first-order valence-corrected chi connectivity index (χ1v) is 14.3. The van der Waals surface area contributed by atoms with Gasteiger partial charge in [0, 0.05) is 22.4 Å². The van der Waals surface area contributed by atoms with E-state index in [9.17, 15) is 4.79 Å². The summed E-state index contributed by atoms with van der Waals surface area (Å²) in [5.41, 5.74) is 3.84. The molecule has 1 heterocycles. The number of nitrogens with zero attached hydrogens (tertiary/aromatic N) is 2. The van der Waals surface area contributed by atoms with Gasteiger partial charge < -0.3 is 4.74 Å². The average Bonchev–Trinajstić information content (AvgIpc) is 2.90. The van der Waals surface area contributed by atoms with Crippen LogP contribution in [-0.2, 0) is 12.8 Å². The number of esters is 1. The molecule has 192 valence electrons. The first-order valence-electron chi connectivity index (χ1n) is 13.5. The summed E-state index contributed by atoms with van der Waals surface area (Å²) < 4.78 is 6.56. The number of benzene rings is 2. The quantitative estimate of drug-likeness (QED) is 0.107. The second-order valence-corrected chi connectivity index (χ2v) is 10.3. The Balaban J connectivity index is 1.50. The molecule has 0 aliphatic rings. The summed E-state index contributed by atoms with van der Waals surface area (Å²) in [4.78, 5) is 21.7. The third-order valence-corrected chi connectivity index (χ3v) is 7.17. The van der Waals surface area contributed by atoms with Crippen molar-refractivity contribution in [1.29, 1.82) is 0 Å². The van der Waals surface area contributed by atoms with E-state index >= 15 is 0 Å². The van der Waals surface area contributed by atoms with Crippen LogP contribution in [0.1, 0.15) is 99.5 Å². The van der Waals surface area contributed by atoms with Crippen molar-refractivity contribution in [1.82, 2.24) is 9.97 Å². The molecule has 0 amide bonds. The highest BCUT2D eigenvalue weighted by atomic mass is 79.9. The van der Waals surface area contributed by atoms with Gasteiger partial charge in [0.05, 0.1) is 5.56 Å². The lowest BCUT2D eigenvalue weighted by atomic mass is 10.0. The molecule has 3 aromatic rings. The summed E-state index contributed by atoms with van der Waals surface area (Å²) in [6, 6.07) is 13.1. The minimum atomic E-state index is -0.365. The highest BCUT2D eigenvalue weighted by Crippen LogP contribution is 2.24. The molecule has 0 radical (unpaired) electrons. The summed E-state index contributed by atoms with van der Waals surface area (Å²) in [7, 11) is 0. The second kappa shape index (κ2) is 15.6. The standard InChI is InChI=1S/C31H39BrN2O2/c1-3-5-7-9-10-11-13-24-22-33-30(34-23-24)26-17-19-28(20-18-26)36-31(35)27-16-15-25(29(32)21-27)14-12-8-6-4-2/h15-23H,3-14H2,1-2H3. The third kappa shape index (κ3) is 9.16. The van der Waals surface area contributed by atoms with Crippen molar-refractivity contribution in [2.45, 2.75) is 90.9 Å². The summed E-state index contributed by atoms with van der Waals surface area (Å²) in [5.74, 6) is 0.817. The van der Waals surface area contributed by atoms with Gasteiger partial charge >= 0.3 is 5.97 Å². The predicted octanol–water partition coefficient (Wildman–Crippen LogP) is 9.15. The number of rotatable bonds is 15. The van der Waals surface area contributed by atoms with Gasteiger partial charge in [0.15, 0.2) is 5.82 Å². The van der Waals surface area contributed by atoms with Crippen LogP contribution in [0.3, 0.4) is 0 Å². The lowest BCUT2D eigenvalue weighted by molar-refractivity contribution is 0.0734. The zero-order valence-corrected chi connectivity index (χ0v) is 23.4. The Kier molecular flexibility index (Phi) is 12.1. The highest BCUT2D eigenvalue weighted by Gasteiger charge is 2.12. The predicted molar refractivity (Wildman–Crippen MR) is 151 cm³/mol. The number of hydrogen-bond acceptors (Lipinski definition) is 4. The largest absolute Gasteiger partial charge is 0.423 e. The van der Waals surface area contributed by atoms with E-state index in [-0.39, 0.29) is 5.97 Å². The SMILES string of the molecule is CCCCCCCCc1cnc(-c2ccc(OC(=O)c3ccc(CCCCCC)c(Br)c3)cc2)nc1. The van der Waals surface area contributed by atoms with Crippen LogP contribution in [-0.4, -0.2) is 15.9 Å². The van der Waals surface area contributed by atoms with E-state index in [1.807, 2.05) is 42.7 Å². The molecule has 0 N–H and O–H groups in total. The lowest BCUT2D eigenvalue weighted by Gasteiger charge is -2.09. The van der Waals surface area contributed by atoms with Crippen LogP contribution in [0.2, 0.25) is 0 Å². The van der Waals surface area contributed by atoms with Crippen molar-refractivity contribution < 1.29 is 9.53 Å². The molecule has 0 spiro atoms. The van der Waals surface area contributed by atoms with Gasteiger partial charge in [0.1, 0.15) is 5.75 Å². The summed E-state index contributed by atoms with van der Waals surface area (Å²) >= 11 is 3.62. The van der Waals surface area contributed by atoms with Crippen LogP contribution in [0.5, 0.6) is 5.75 Å². The van der Waals surface area contributed by atoms with Gasteiger partial charge in [-0.3, -0.25) is 0 Å². The lowest BCUT2D eigenvalue weighted by Crippen LogP contribution is -2.08. The zero-order chi connectivity index (χ0) is 25.6. The Bertz CT molecular complexity index is 1060. The van der Waals surface area contributed by atoms with Gasteiger partial charge in [0.2, 0.25) is 0 Å². The molecule has 2 aromatic carbocycles. The van der Waals surface area contributed by atoms with Crippen molar-refractivity contribution in [3.05, 3.63) is 76.0 Å². The normalized spacial score (nSPS) is 11.0. The Labute approximate surface area is 225 Å². The van der Waals surface area contributed by atoms with Gasteiger partial charge in [-0.1, -0.05) is 87.2 Å². The number of unbranched alkanes of at least 4 members (excludes halogenated alkanes) is 8. The smallest absolute Gasteiger partial charge is 0.343 e. The molecule has 0 unspecified atom stereocenters. The molecular formula is C31H39BrN2O2. The Morgan fingerprint density at radius 2 is 1.39 bits per heavy atom. The summed E-state index contributed by atoms with van der Waals surface area (Å²) in [6.07, 6.45) is 18.5. The molecule has 0 bridgehead atoms. The maximum atomic E-state index is 12.7. The van der Waals surface area contributed by atoms with Crippen LogP contribution in [0, 0.1) is 0 Å². The number of aromatic nitrogens is 2. The second-order valence-electron chi connectivity index (χ2n) is 9.46. The van der Waals surface area contributed by atoms with Gasteiger partial charge in [0.25, 0.3) is 0 Å². The van der Waals surface area contributed by atoms with Crippen molar-refractivity contribution in [3.63, 3.8) is 0 Å². The van der Waals surface area contributed by atoms with E-state index < -0.39 is 0 Å². The van der Waals surface area contributed by atoms with E-state index in [1.54, 1.807) is 12.1 Å². The number of halogens is 1. The monoisotopic (exact) mass is 550 g/mol. The van der Waals surface area contributed by atoms with Crippen molar-refractivity contribution >= 4 is 21.9 Å². The third-order valence-electron chi connectivity index (χ3n) is 6.44. The van der Waals surface area contributed by atoms with Crippen molar-refractivity contribution in [2.75, 3.05) is 0 Å². The van der Waals surface area contributed by atoms with Crippen LogP contribution in [0.25, 0.3) is 11.4 Å². The van der Waals surface area contributed by atoms with Crippen LogP contribution in [0.15, 0.2) is 59.3 Å². The van der Waals surface area contributed by atoms with Crippen molar-refractivity contribution in [2.24, 2.45) is 0 Å². The van der Waals surface area contributed by atoms with Gasteiger partial charge in [-0.15, -0.1) is 0 Å². The van der Waals surface area contributed by atoms with Gasteiger partial charge in [-0.05, 0) is 73.2 Å². The van der Waals surface area contributed by atoms with E-state index in [4.69, 9.17) is 4.74 Å². The number of ether oxygens (including phenoxy) is 1. The molecule has 0 fully saturated rings. The minimum absolute atomic E-state index is 0.365. The molecule has 0 saturated carbocycles. The maximum Gasteiger partial charge on any atom is 0.343 e. The summed E-state index contributed by atoms with van der Waals surface area (Å²) in [6.45, 7) is 4.46. The molecular weight excluding hydrogens is 512 g/mol. The van der Waals surface area contributed by atoms with Crippen LogP contribution < -0.4 is 4.74 Å². The van der Waals surface area contributed by atoms with E-state index in [0.717, 1.165) is 29.3 Å². The van der Waals surface area contributed by atoms with E-state index in [1.165, 1.54) is 68.9 Å². The number of carbonyl (C=O) groups excluding carboxylic acids is 1.